The molecule has 0 aromatic heterocycles. The van der Waals surface area contributed by atoms with Crippen molar-refractivity contribution in [2.75, 3.05) is 12.4 Å². The van der Waals surface area contributed by atoms with Crippen LogP contribution in [0, 0.1) is 16.7 Å². The molecule has 0 spiro atoms. The molecule has 0 rings (SSSR count). The summed E-state index contributed by atoms with van der Waals surface area (Å²) in [7, 11) is -4.29. The lowest BCUT2D eigenvalue weighted by Gasteiger charge is -2.42. The standard InChI is InChI=1S/C28H53NO8S/c1-19(37-25(5,6)7)23(32)27(10,11)28(12,13)36-15-14-20(16-21(30)24(2,3)4)17-22(31)29-26(8,9)18-38(33,34)35/h19-20H,14-18H2,1-13H3,(H,29,31)(H,33,34,35). The first-order valence-corrected chi connectivity index (χ1v) is 14.9. The molecule has 0 saturated heterocycles. The number of hydrogen-bond donors (Lipinski definition) is 2. The molecule has 0 bridgehead atoms. The van der Waals surface area contributed by atoms with Crippen LogP contribution in [0.4, 0.5) is 0 Å². The summed E-state index contributed by atoms with van der Waals surface area (Å²) in [5, 5.41) is 2.64. The minimum atomic E-state index is -4.29. The smallest absolute Gasteiger partial charge is 0.267 e. The van der Waals surface area contributed by atoms with Crippen molar-refractivity contribution >= 4 is 27.6 Å². The van der Waals surface area contributed by atoms with Crippen molar-refractivity contribution in [1.82, 2.24) is 5.32 Å². The summed E-state index contributed by atoms with van der Waals surface area (Å²) in [5.74, 6) is -1.50. The van der Waals surface area contributed by atoms with Crippen LogP contribution in [0.2, 0.25) is 0 Å². The number of Topliss-reactive ketones (excluding diaryl/α,β-unsaturated/α-hetero) is 2. The largest absolute Gasteiger partial charge is 0.375 e. The van der Waals surface area contributed by atoms with E-state index in [1.807, 2.05) is 69.2 Å². The van der Waals surface area contributed by atoms with Gasteiger partial charge in [0.1, 0.15) is 11.9 Å². The highest BCUT2D eigenvalue weighted by Gasteiger charge is 2.46. The van der Waals surface area contributed by atoms with Gasteiger partial charge in [-0.3, -0.25) is 18.9 Å². The fourth-order valence-corrected chi connectivity index (χ4v) is 5.06. The van der Waals surface area contributed by atoms with E-state index in [9.17, 15) is 27.4 Å². The summed E-state index contributed by atoms with van der Waals surface area (Å²) in [6, 6.07) is 0. The molecule has 9 nitrogen and oxygen atoms in total. The van der Waals surface area contributed by atoms with Crippen LogP contribution >= 0.6 is 0 Å². The predicted molar refractivity (Wildman–Crippen MR) is 150 cm³/mol. The van der Waals surface area contributed by atoms with Crippen LogP contribution in [0.5, 0.6) is 0 Å². The summed E-state index contributed by atoms with van der Waals surface area (Å²) in [5.41, 5.74) is -3.99. The Morgan fingerprint density at radius 1 is 0.868 bits per heavy atom. The van der Waals surface area contributed by atoms with Gasteiger partial charge in [0.15, 0.2) is 5.78 Å². The molecule has 38 heavy (non-hydrogen) atoms. The highest BCUT2D eigenvalue weighted by Crippen LogP contribution is 2.37. The van der Waals surface area contributed by atoms with E-state index in [-0.39, 0.29) is 36.9 Å². The van der Waals surface area contributed by atoms with Gasteiger partial charge in [-0.25, -0.2) is 0 Å². The van der Waals surface area contributed by atoms with E-state index in [4.69, 9.17) is 9.47 Å². The van der Waals surface area contributed by atoms with Gasteiger partial charge in [0.2, 0.25) is 5.91 Å². The van der Waals surface area contributed by atoms with E-state index in [1.165, 1.54) is 13.8 Å². The number of ether oxygens (including phenoxy) is 2. The maximum absolute atomic E-state index is 13.3. The van der Waals surface area contributed by atoms with Crippen molar-refractivity contribution in [3.8, 4) is 0 Å². The second-order valence-corrected chi connectivity index (χ2v) is 15.6. The summed E-state index contributed by atoms with van der Waals surface area (Å²) >= 11 is 0. The van der Waals surface area contributed by atoms with E-state index in [0.29, 0.717) is 6.42 Å². The number of carbonyl (C=O) groups is 3. The SMILES string of the molecule is CC(OC(C)(C)C)C(=O)C(C)(C)C(C)(C)OCCC(CC(=O)NC(C)(C)CS(=O)(=O)O)CC(=O)C(C)(C)C. The van der Waals surface area contributed by atoms with Gasteiger partial charge in [0.25, 0.3) is 10.1 Å². The molecule has 0 aliphatic carbocycles. The van der Waals surface area contributed by atoms with Gasteiger partial charge < -0.3 is 14.8 Å². The first-order chi connectivity index (χ1) is 16.6. The molecule has 2 N–H and O–H groups in total. The second kappa shape index (κ2) is 12.9. The molecule has 2 unspecified atom stereocenters. The van der Waals surface area contributed by atoms with Crippen LogP contribution in [-0.4, -0.2) is 65.6 Å². The highest BCUT2D eigenvalue weighted by atomic mass is 32.2. The highest BCUT2D eigenvalue weighted by molar-refractivity contribution is 7.85. The van der Waals surface area contributed by atoms with E-state index in [0.717, 1.165) is 0 Å². The summed E-state index contributed by atoms with van der Waals surface area (Å²) in [4.78, 5) is 38.8. The van der Waals surface area contributed by atoms with E-state index >= 15 is 0 Å². The molecule has 0 aromatic carbocycles. The summed E-state index contributed by atoms with van der Waals surface area (Å²) < 4.78 is 43.8. The minimum absolute atomic E-state index is 0.00424. The van der Waals surface area contributed by atoms with Crippen molar-refractivity contribution in [2.45, 2.75) is 132 Å². The van der Waals surface area contributed by atoms with Crippen LogP contribution in [0.15, 0.2) is 0 Å². The van der Waals surface area contributed by atoms with Gasteiger partial charge in [0, 0.05) is 24.9 Å². The van der Waals surface area contributed by atoms with Gasteiger partial charge in [-0.05, 0) is 67.7 Å². The molecular weight excluding hydrogens is 510 g/mol. The first-order valence-electron chi connectivity index (χ1n) is 13.3. The lowest BCUT2D eigenvalue weighted by molar-refractivity contribution is -0.166. The normalized spacial score (nSPS) is 15.6. The zero-order valence-corrected chi connectivity index (χ0v) is 26.7. The topological polar surface area (TPSA) is 136 Å². The fourth-order valence-electron chi connectivity index (χ4n) is 4.08. The van der Waals surface area contributed by atoms with E-state index < -0.39 is 55.5 Å². The quantitative estimate of drug-likeness (QED) is 0.272. The number of ketones is 2. The molecule has 0 radical (unpaired) electrons. The third kappa shape index (κ3) is 13.1. The van der Waals surface area contributed by atoms with Gasteiger partial charge >= 0.3 is 0 Å². The van der Waals surface area contributed by atoms with E-state index in [1.54, 1.807) is 6.92 Å². The van der Waals surface area contributed by atoms with Gasteiger partial charge in [-0.2, -0.15) is 8.42 Å². The van der Waals surface area contributed by atoms with Gasteiger partial charge in [-0.15, -0.1) is 0 Å². The third-order valence-electron chi connectivity index (χ3n) is 6.82. The molecular formula is C28H53NO8S. The van der Waals surface area contributed by atoms with Gasteiger partial charge in [0.05, 0.1) is 27.9 Å². The average Bonchev–Trinajstić information content (AvgIpc) is 2.61. The number of rotatable bonds is 15. The molecule has 10 heteroatoms. The molecule has 0 heterocycles. The second-order valence-electron chi connectivity index (χ2n) is 14.1. The van der Waals surface area contributed by atoms with Crippen LogP contribution in [0.3, 0.4) is 0 Å². The van der Waals surface area contributed by atoms with Crippen molar-refractivity contribution < 1.29 is 36.8 Å². The van der Waals surface area contributed by atoms with Crippen molar-refractivity contribution in [3.63, 3.8) is 0 Å². The molecule has 224 valence electrons. The monoisotopic (exact) mass is 563 g/mol. The predicted octanol–water partition coefficient (Wildman–Crippen LogP) is 4.76. The molecule has 0 aromatic rings. The molecule has 0 fully saturated rings. The molecule has 2 atom stereocenters. The van der Waals surface area contributed by atoms with Gasteiger partial charge in [-0.1, -0.05) is 34.6 Å². The maximum atomic E-state index is 13.3. The Kier molecular flexibility index (Phi) is 12.4. The molecule has 0 aliphatic rings. The van der Waals surface area contributed by atoms with Crippen LogP contribution in [0.1, 0.15) is 109 Å². The lowest BCUT2D eigenvalue weighted by atomic mass is 9.72. The summed E-state index contributed by atoms with van der Waals surface area (Å²) in [6.45, 7) is 23.4. The van der Waals surface area contributed by atoms with E-state index in [2.05, 4.69) is 5.32 Å². The molecule has 1 amide bonds. The fraction of sp³-hybridized carbons (Fsp3) is 0.893. The van der Waals surface area contributed by atoms with Crippen LogP contribution in [-0.2, 0) is 34.0 Å². The Bertz CT molecular complexity index is 937. The zero-order valence-electron chi connectivity index (χ0n) is 25.9. The number of nitrogens with one attached hydrogen (secondary N) is 1. The Labute approximate surface area is 230 Å². The van der Waals surface area contributed by atoms with Crippen LogP contribution < -0.4 is 5.32 Å². The minimum Gasteiger partial charge on any atom is -0.375 e. The number of amides is 1. The molecule has 0 aliphatic heterocycles. The average molecular weight is 564 g/mol. The lowest BCUT2D eigenvalue weighted by Crippen LogP contribution is -2.51. The van der Waals surface area contributed by atoms with Crippen molar-refractivity contribution in [1.29, 1.82) is 0 Å². The molecule has 0 saturated carbocycles. The Morgan fingerprint density at radius 3 is 1.79 bits per heavy atom. The Balaban J connectivity index is 5.52. The first kappa shape index (κ1) is 36.6. The third-order valence-corrected chi connectivity index (χ3v) is 7.90. The number of hydrogen-bond acceptors (Lipinski definition) is 7. The Morgan fingerprint density at radius 2 is 1.37 bits per heavy atom. The van der Waals surface area contributed by atoms with Crippen molar-refractivity contribution in [2.24, 2.45) is 16.7 Å². The zero-order chi connectivity index (χ0) is 30.5. The number of carbonyl (C=O) groups excluding carboxylic acids is 3. The van der Waals surface area contributed by atoms with Crippen molar-refractivity contribution in [3.05, 3.63) is 0 Å². The van der Waals surface area contributed by atoms with Crippen LogP contribution in [0.25, 0.3) is 0 Å². The summed E-state index contributed by atoms with van der Waals surface area (Å²) in [6.07, 6.45) is -0.104. The maximum Gasteiger partial charge on any atom is 0.267 e. The Hall–Kier alpha value is -1.36.